The third-order valence-corrected chi connectivity index (χ3v) is 5.96. The van der Waals surface area contributed by atoms with E-state index in [-0.39, 0.29) is 4.90 Å². The van der Waals surface area contributed by atoms with Gasteiger partial charge in [0.15, 0.2) is 5.75 Å². The van der Waals surface area contributed by atoms with E-state index < -0.39 is 16.8 Å². The Hall–Kier alpha value is -3.32. The zero-order valence-electron chi connectivity index (χ0n) is 15.4. The molecule has 0 bridgehead atoms. The van der Waals surface area contributed by atoms with Gasteiger partial charge in [-0.15, -0.1) is 0 Å². The minimum Gasteiger partial charge on any atom is -0.378 e. The third kappa shape index (κ3) is 3.76. The lowest BCUT2D eigenvalue weighted by Gasteiger charge is -2.23. The summed E-state index contributed by atoms with van der Waals surface area (Å²) in [6.07, 6.45) is 0. The first-order valence-corrected chi connectivity index (χ1v) is 10.4. The largest absolute Gasteiger partial charge is 0.379 e. The Labute approximate surface area is 171 Å². The summed E-state index contributed by atoms with van der Waals surface area (Å²) >= 11 is 0. The Balaban J connectivity index is 0.000000503. The van der Waals surface area contributed by atoms with E-state index >= 15 is 0 Å². The third-order valence-electron chi connectivity index (χ3n) is 4.70. The second-order valence-electron chi connectivity index (χ2n) is 6.53. The molecular weight excluding hydrogens is 413 g/mol. The van der Waals surface area contributed by atoms with Crippen LogP contribution in [-0.4, -0.2) is 15.1 Å². The van der Waals surface area contributed by atoms with Crippen molar-refractivity contribution in [1.29, 1.82) is 0 Å². The summed E-state index contributed by atoms with van der Waals surface area (Å²) in [7, 11) is -3.88. The second kappa shape index (κ2) is 7.84. The maximum atomic E-state index is 12.8. The minimum absolute atomic E-state index is 0.217. The Morgan fingerprint density at radius 3 is 1.90 bits per heavy atom. The molecule has 3 nitrogen and oxygen atoms in total. The zero-order chi connectivity index (χ0) is 21.3. The summed E-state index contributed by atoms with van der Waals surface area (Å²) in [4.78, 5) is 0.217. The molecule has 0 saturated heterocycles. The first-order chi connectivity index (χ1) is 14.4. The van der Waals surface area contributed by atoms with Gasteiger partial charge in [-0.2, -0.15) is 21.6 Å². The van der Waals surface area contributed by atoms with Crippen LogP contribution in [0.25, 0.3) is 33.0 Å². The van der Waals surface area contributed by atoms with Crippen LogP contribution in [0.5, 0.6) is 5.75 Å². The average Bonchev–Trinajstić information content (AvgIpc) is 2.72. The lowest BCUT2D eigenvalue weighted by Crippen LogP contribution is -2.16. The van der Waals surface area contributed by atoms with Crippen molar-refractivity contribution in [3.05, 3.63) is 84.9 Å². The fourth-order valence-corrected chi connectivity index (χ4v) is 4.67. The highest BCUT2D eigenvalue weighted by Crippen LogP contribution is 2.47. The molecule has 0 unspecified atom stereocenters. The summed E-state index contributed by atoms with van der Waals surface area (Å²) in [6, 6.07) is 26.7. The SMILES string of the molecule is FC(F)F.O=S1(=O)Oc2c(-c3ccccc3)cccc2-c2cc3ccccc3cc21. The zero-order valence-corrected chi connectivity index (χ0v) is 16.2. The highest BCUT2D eigenvalue weighted by molar-refractivity contribution is 7.87. The summed E-state index contributed by atoms with van der Waals surface area (Å²) in [5.41, 5.74) is 3.17. The molecule has 1 aliphatic rings. The van der Waals surface area contributed by atoms with E-state index in [0.29, 0.717) is 11.3 Å². The van der Waals surface area contributed by atoms with Crippen molar-refractivity contribution in [2.45, 2.75) is 11.6 Å². The minimum atomic E-state index is -3.88. The molecule has 0 atom stereocenters. The van der Waals surface area contributed by atoms with Crippen molar-refractivity contribution in [2.24, 2.45) is 0 Å². The molecule has 0 aromatic heterocycles. The van der Waals surface area contributed by atoms with Gasteiger partial charge in [0, 0.05) is 16.7 Å². The van der Waals surface area contributed by atoms with Gasteiger partial charge in [0.2, 0.25) is 0 Å². The van der Waals surface area contributed by atoms with Crippen molar-refractivity contribution in [2.75, 3.05) is 0 Å². The summed E-state index contributed by atoms with van der Waals surface area (Å²) in [5.74, 6) is 0.390. The van der Waals surface area contributed by atoms with Crippen molar-refractivity contribution >= 4 is 20.9 Å². The van der Waals surface area contributed by atoms with Gasteiger partial charge in [0.25, 0.3) is 0 Å². The van der Waals surface area contributed by atoms with Crippen molar-refractivity contribution in [1.82, 2.24) is 0 Å². The van der Waals surface area contributed by atoms with E-state index in [1.54, 1.807) is 6.07 Å². The topological polar surface area (TPSA) is 43.4 Å². The molecule has 0 aliphatic carbocycles. The quantitative estimate of drug-likeness (QED) is 0.328. The van der Waals surface area contributed by atoms with E-state index in [1.165, 1.54) is 0 Å². The van der Waals surface area contributed by atoms with E-state index in [9.17, 15) is 21.6 Å². The molecule has 5 rings (SSSR count). The van der Waals surface area contributed by atoms with Gasteiger partial charge in [-0.25, -0.2) is 0 Å². The highest BCUT2D eigenvalue weighted by Gasteiger charge is 2.31. The number of fused-ring (bicyclic) bond motifs is 4. The Morgan fingerprint density at radius 1 is 0.667 bits per heavy atom. The number of benzene rings is 4. The summed E-state index contributed by atoms with van der Waals surface area (Å²) < 4.78 is 60.2. The molecule has 0 saturated carbocycles. The molecule has 152 valence electrons. The Bertz CT molecular complexity index is 1320. The van der Waals surface area contributed by atoms with Crippen LogP contribution in [0.2, 0.25) is 0 Å². The van der Waals surface area contributed by atoms with E-state index in [0.717, 1.165) is 27.5 Å². The number of halogens is 3. The van der Waals surface area contributed by atoms with Crippen LogP contribution >= 0.6 is 0 Å². The van der Waals surface area contributed by atoms with Crippen LogP contribution in [0.3, 0.4) is 0 Å². The predicted octanol–water partition coefficient (Wildman–Crippen LogP) is 6.43. The summed E-state index contributed by atoms with van der Waals surface area (Å²) in [5, 5.41) is 1.88. The lowest BCUT2D eigenvalue weighted by molar-refractivity contribution is 0.00819. The number of hydrogen-bond donors (Lipinski definition) is 0. The van der Waals surface area contributed by atoms with E-state index in [2.05, 4.69) is 0 Å². The van der Waals surface area contributed by atoms with Gasteiger partial charge in [-0.1, -0.05) is 72.8 Å². The van der Waals surface area contributed by atoms with Crippen LogP contribution < -0.4 is 4.18 Å². The molecule has 0 radical (unpaired) electrons. The van der Waals surface area contributed by atoms with Gasteiger partial charge in [0.05, 0.1) is 0 Å². The standard InChI is InChI=1S/C22H14O3S.CHF3/c23-26(24)21-14-17-10-5-4-9-16(17)13-20(21)19-12-6-11-18(22(19)25-26)15-7-2-1-3-8-15;2-1(3)4/h1-14H;1H. The Morgan fingerprint density at radius 2 is 1.23 bits per heavy atom. The molecule has 1 aliphatic heterocycles. The second-order valence-corrected chi connectivity index (χ2v) is 8.04. The van der Waals surface area contributed by atoms with Crippen LogP contribution in [0.15, 0.2) is 89.8 Å². The predicted molar refractivity (Wildman–Crippen MR) is 110 cm³/mol. The molecule has 0 amide bonds. The van der Waals surface area contributed by atoms with Crippen LogP contribution in [0, 0.1) is 0 Å². The van der Waals surface area contributed by atoms with Crippen molar-refractivity contribution in [3.8, 4) is 28.0 Å². The van der Waals surface area contributed by atoms with E-state index in [4.69, 9.17) is 4.18 Å². The van der Waals surface area contributed by atoms with E-state index in [1.807, 2.05) is 78.9 Å². The smallest absolute Gasteiger partial charge is 0.378 e. The number of para-hydroxylation sites is 1. The van der Waals surface area contributed by atoms with Gasteiger partial charge >= 0.3 is 16.8 Å². The van der Waals surface area contributed by atoms with Crippen LogP contribution in [0.1, 0.15) is 0 Å². The van der Waals surface area contributed by atoms with Crippen molar-refractivity contribution < 1.29 is 25.8 Å². The van der Waals surface area contributed by atoms with Crippen LogP contribution in [0.4, 0.5) is 13.2 Å². The van der Waals surface area contributed by atoms with Gasteiger partial charge < -0.3 is 4.18 Å². The maximum absolute atomic E-state index is 12.8. The fourth-order valence-electron chi connectivity index (χ4n) is 3.48. The number of alkyl halides is 3. The fraction of sp³-hybridized carbons (Fsp3) is 0.0435. The average molecular weight is 428 g/mol. The van der Waals surface area contributed by atoms with Crippen LogP contribution in [-0.2, 0) is 10.1 Å². The number of rotatable bonds is 1. The molecular formula is C23H15F3O3S. The first-order valence-electron chi connectivity index (χ1n) is 8.95. The molecule has 7 heteroatoms. The Kier molecular flexibility index (Phi) is 5.22. The summed E-state index contributed by atoms with van der Waals surface area (Å²) in [6.45, 7) is -3.67. The molecule has 4 aromatic carbocycles. The first kappa shape index (κ1) is 20.0. The highest BCUT2D eigenvalue weighted by atomic mass is 32.2. The molecule has 4 aromatic rings. The molecule has 30 heavy (non-hydrogen) atoms. The van der Waals surface area contributed by atoms with Gasteiger partial charge in [-0.05, 0) is 28.5 Å². The maximum Gasteiger partial charge on any atom is 0.379 e. The van der Waals surface area contributed by atoms with Gasteiger partial charge in [0.1, 0.15) is 4.90 Å². The molecule has 0 spiro atoms. The lowest BCUT2D eigenvalue weighted by atomic mass is 9.95. The van der Waals surface area contributed by atoms with Gasteiger partial charge in [-0.3, -0.25) is 0 Å². The molecule has 0 N–H and O–H groups in total. The molecule has 0 fully saturated rings. The monoisotopic (exact) mass is 428 g/mol. The number of hydrogen-bond acceptors (Lipinski definition) is 3. The normalized spacial score (nSPS) is 13.6. The molecule has 1 heterocycles. The van der Waals surface area contributed by atoms with Crippen molar-refractivity contribution in [3.63, 3.8) is 0 Å².